The maximum Gasteiger partial charge on any atom is 0.0546 e. The second-order valence-electron chi connectivity index (χ2n) is 12.6. The fourth-order valence-corrected chi connectivity index (χ4v) is 7.62. The Bertz CT molecular complexity index is 2430. The number of hydrogen-bond acceptors (Lipinski definition) is 1. The lowest BCUT2D eigenvalue weighted by Crippen LogP contribution is -2.16. The maximum absolute atomic E-state index is 2.47. The van der Waals surface area contributed by atoms with Crippen LogP contribution in [0, 0.1) is 0 Å². The molecular weight excluding hydrogens is 530 g/mol. The van der Waals surface area contributed by atoms with E-state index in [4.69, 9.17) is 0 Å². The normalized spacial score (nSPS) is 13.4. The van der Waals surface area contributed by atoms with Crippen molar-refractivity contribution in [3.8, 4) is 11.1 Å². The molecule has 1 aliphatic carbocycles. The molecule has 8 aromatic carbocycles. The Labute approximate surface area is 257 Å². The van der Waals surface area contributed by atoms with Crippen molar-refractivity contribution in [1.82, 2.24) is 0 Å². The SMILES string of the molecule is CC1(C)c2ccccc2-c2ccc(N(c3ccc4c(ccc5ccccc54)c3)c3cc4ccccc4c4ccccc34)cc21. The minimum Gasteiger partial charge on any atom is -0.310 e. The summed E-state index contributed by atoms with van der Waals surface area (Å²) in [6.45, 7) is 4.72. The fraction of sp³-hybridized carbons (Fsp3) is 0.0698. The van der Waals surface area contributed by atoms with Crippen molar-refractivity contribution in [2.24, 2.45) is 0 Å². The second-order valence-corrected chi connectivity index (χ2v) is 12.6. The van der Waals surface area contributed by atoms with Gasteiger partial charge in [0.05, 0.1) is 5.69 Å². The van der Waals surface area contributed by atoms with Crippen LogP contribution in [0.15, 0.2) is 152 Å². The molecule has 0 unspecified atom stereocenters. The predicted molar refractivity (Wildman–Crippen MR) is 189 cm³/mol. The highest BCUT2D eigenvalue weighted by atomic mass is 15.1. The van der Waals surface area contributed by atoms with Gasteiger partial charge in [-0.05, 0) is 90.3 Å². The third-order valence-corrected chi connectivity index (χ3v) is 9.80. The van der Waals surface area contributed by atoms with Gasteiger partial charge in [-0.1, -0.05) is 135 Å². The highest BCUT2D eigenvalue weighted by Crippen LogP contribution is 2.51. The first-order valence-electron chi connectivity index (χ1n) is 15.4. The molecule has 0 heterocycles. The molecule has 0 fully saturated rings. The van der Waals surface area contributed by atoms with Crippen LogP contribution in [-0.4, -0.2) is 0 Å². The van der Waals surface area contributed by atoms with E-state index in [2.05, 4.69) is 170 Å². The molecule has 44 heavy (non-hydrogen) atoms. The van der Waals surface area contributed by atoms with Crippen LogP contribution in [0.4, 0.5) is 17.1 Å². The smallest absolute Gasteiger partial charge is 0.0546 e. The van der Waals surface area contributed by atoms with E-state index in [1.807, 2.05) is 0 Å². The Morgan fingerprint density at radius 3 is 1.77 bits per heavy atom. The number of rotatable bonds is 3. The summed E-state index contributed by atoms with van der Waals surface area (Å²) >= 11 is 0. The molecule has 0 radical (unpaired) electrons. The molecule has 9 rings (SSSR count). The Balaban J connectivity index is 1.34. The van der Waals surface area contributed by atoms with Crippen molar-refractivity contribution in [1.29, 1.82) is 0 Å². The Morgan fingerprint density at radius 1 is 0.386 bits per heavy atom. The molecule has 0 spiro atoms. The number of nitrogens with zero attached hydrogens (tertiary/aromatic N) is 1. The topological polar surface area (TPSA) is 3.24 Å². The van der Waals surface area contributed by atoms with E-state index in [0.717, 1.165) is 5.69 Å². The van der Waals surface area contributed by atoms with Crippen molar-refractivity contribution in [2.75, 3.05) is 4.90 Å². The molecule has 0 N–H and O–H groups in total. The second kappa shape index (κ2) is 9.30. The van der Waals surface area contributed by atoms with Gasteiger partial charge in [-0.3, -0.25) is 0 Å². The van der Waals surface area contributed by atoms with Gasteiger partial charge >= 0.3 is 0 Å². The number of benzene rings is 8. The van der Waals surface area contributed by atoms with Crippen LogP contribution in [0.3, 0.4) is 0 Å². The summed E-state index contributed by atoms with van der Waals surface area (Å²) in [4.78, 5) is 2.47. The Morgan fingerprint density at radius 2 is 0.932 bits per heavy atom. The van der Waals surface area contributed by atoms with Gasteiger partial charge < -0.3 is 4.90 Å². The van der Waals surface area contributed by atoms with Crippen LogP contribution in [-0.2, 0) is 5.41 Å². The number of hydrogen-bond donors (Lipinski definition) is 0. The number of anilines is 3. The summed E-state index contributed by atoms with van der Waals surface area (Å²) in [6.07, 6.45) is 0. The van der Waals surface area contributed by atoms with E-state index in [1.54, 1.807) is 0 Å². The van der Waals surface area contributed by atoms with Gasteiger partial charge in [0.1, 0.15) is 0 Å². The zero-order valence-corrected chi connectivity index (χ0v) is 24.9. The molecule has 0 saturated carbocycles. The minimum absolute atomic E-state index is 0.0820. The summed E-state index contributed by atoms with van der Waals surface area (Å²) in [7, 11) is 0. The lowest BCUT2D eigenvalue weighted by molar-refractivity contribution is 0.660. The summed E-state index contributed by atoms with van der Waals surface area (Å²) in [5.41, 5.74) is 8.88. The van der Waals surface area contributed by atoms with Gasteiger partial charge in [0.15, 0.2) is 0 Å². The molecule has 0 atom stereocenters. The van der Waals surface area contributed by atoms with Crippen molar-refractivity contribution in [2.45, 2.75) is 19.3 Å². The summed E-state index contributed by atoms with van der Waals surface area (Å²) < 4.78 is 0. The van der Waals surface area contributed by atoms with Gasteiger partial charge in [-0.15, -0.1) is 0 Å². The molecule has 1 aliphatic rings. The largest absolute Gasteiger partial charge is 0.310 e. The van der Waals surface area contributed by atoms with Crippen LogP contribution in [0.25, 0.3) is 54.2 Å². The monoisotopic (exact) mass is 561 g/mol. The maximum atomic E-state index is 2.47. The average molecular weight is 562 g/mol. The third-order valence-electron chi connectivity index (χ3n) is 9.80. The third kappa shape index (κ3) is 3.59. The van der Waals surface area contributed by atoms with E-state index < -0.39 is 0 Å². The van der Waals surface area contributed by atoms with E-state index in [-0.39, 0.29) is 5.41 Å². The highest BCUT2D eigenvalue weighted by molar-refractivity contribution is 6.15. The fourth-order valence-electron chi connectivity index (χ4n) is 7.62. The lowest BCUT2D eigenvalue weighted by atomic mass is 9.82. The first kappa shape index (κ1) is 25.1. The molecule has 0 aromatic heterocycles. The van der Waals surface area contributed by atoms with Crippen LogP contribution >= 0.6 is 0 Å². The molecule has 0 bridgehead atoms. The number of fused-ring (bicyclic) bond motifs is 9. The van der Waals surface area contributed by atoms with E-state index in [0.29, 0.717) is 0 Å². The lowest BCUT2D eigenvalue weighted by Gasteiger charge is -2.30. The minimum atomic E-state index is -0.0820. The quantitative estimate of drug-likeness (QED) is 0.194. The van der Waals surface area contributed by atoms with Gasteiger partial charge in [0, 0.05) is 22.2 Å². The molecule has 1 nitrogen and oxygen atoms in total. The highest BCUT2D eigenvalue weighted by Gasteiger charge is 2.35. The molecule has 208 valence electrons. The first-order chi connectivity index (χ1) is 21.6. The van der Waals surface area contributed by atoms with Crippen molar-refractivity contribution in [3.05, 3.63) is 163 Å². The molecule has 8 aromatic rings. The average Bonchev–Trinajstić information content (AvgIpc) is 3.30. The van der Waals surface area contributed by atoms with Crippen LogP contribution in [0.5, 0.6) is 0 Å². The molecule has 1 heteroatoms. The first-order valence-corrected chi connectivity index (χ1v) is 15.4. The van der Waals surface area contributed by atoms with Crippen LogP contribution in [0.2, 0.25) is 0 Å². The van der Waals surface area contributed by atoms with E-state index >= 15 is 0 Å². The van der Waals surface area contributed by atoms with Gasteiger partial charge in [-0.25, -0.2) is 0 Å². The van der Waals surface area contributed by atoms with E-state index in [9.17, 15) is 0 Å². The van der Waals surface area contributed by atoms with Gasteiger partial charge in [0.2, 0.25) is 0 Å². The van der Waals surface area contributed by atoms with Crippen molar-refractivity contribution < 1.29 is 0 Å². The predicted octanol–water partition coefficient (Wildman–Crippen LogP) is 12.1. The van der Waals surface area contributed by atoms with Gasteiger partial charge in [-0.2, -0.15) is 0 Å². The molecular formula is C43H31N. The van der Waals surface area contributed by atoms with Crippen molar-refractivity contribution >= 4 is 60.2 Å². The molecule has 0 saturated heterocycles. The summed E-state index contributed by atoms with van der Waals surface area (Å²) in [6, 6.07) is 56.1. The summed E-state index contributed by atoms with van der Waals surface area (Å²) in [5, 5.41) is 10.1. The zero-order valence-electron chi connectivity index (χ0n) is 24.9. The standard InChI is InChI=1S/C43H31N/c1-43(2)40-18-10-9-16-37(40)38-24-22-32(27-41(38)43)44(31-21-23-35-30(25-31)20-19-28-11-3-5-13-33(28)35)42-26-29-12-4-6-14-34(29)36-15-7-8-17-39(36)42/h3-27H,1-2H3. The Kier molecular flexibility index (Phi) is 5.31. The zero-order chi connectivity index (χ0) is 29.4. The van der Waals surface area contributed by atoms with Gasteiger partial charge in [0.25, 0.3) is 0 Å². The molecule has 0 amide bonds. The Hall–Kier alpha value is -5.40. The molecule has 0 aliphatic heterocycles. The summed E-state index contributed by atoms with van der Waals surface area (Å²) in [5.74, 6) is 0. The van der Waals surface area contributed by atoms with Crippen LogP contribution < -0.4 is 4.90 Å². The van der Waals surface area contributed by atoms with Crippen LogP contribution in [0.1, 0.15) is 25.0 Å². The van der Waals surface area contributed by atoms with E-state index in [1.165, 1.54) is 76.7 Å². The van der Waals surface area contributed by atoms with Crippen molar-refractivity contribution in [3.63, 3.8) is 0 Å².